The number of aromatic amines is 1. The minimum atomic E-state index is -0.0820. The maximum Gasteiger partial charge on any atom is 0.198 e. The molecule has 3 rings (SSSR count). The molecule has 0 saturated heterocycles. The van der Waals surface area contributed by atoms with Crippen molar-refractivity contribution in [2.45, 2.75) is 25.2 Å². The van der Waals surface area contributed by atoms with Crippen LogP contribution in [0.15, 0.2) is 30.5 Å². The summed E-state index contributed by atoms with van der Waals surface area (Å²) in [6.07, 6.45) is 5.32. The number of nitrogens with zero attached hydrogens (tertiary/aromatic N) is 1. The van der Waals surface area contributed by atoms with Crippen molar-refractivity contribution >= 4 is 11.6 Å². The summed E-state index contributed by atoms with van der Waals surface area (Å²) in [6.45, 7) is 0. The summed E-state index contributed by atoms with van der Waals surface area (Å²) in [5.41, 5.74) is 8.08. The van der Waals surface area contributed by atoms with Crippen LogP contribution in [0.2, 0.25) is 0 Å². The number of benzene rings is 1. The molecule has 0 radical (unpaired) electrons. The van der Waals surface area contributed by atoms with Crippen molar-refractivity contribution in [3.63, 3.8) is 0 Å². The molecule has 4 heteroatoms. The fraction of sp³-hybridized carbons (Fsp3) is 0.286. The topological polar surface area (TPSA) is 71.8 Å². The third-order valence-electron chi connectivity index (χ3n) is 3.66. The highest BCUT2D eigenvalue weighted by atomic mass is 16.1. The first kappa shape index (κ1) is 11.0. The second-order valence-electron chi connectivity index (χ2n) is 4.78. The number of carbonyl (C=O) groups is 1. The zero-order chi connectivity index (χ0) is 12.5. The molecule has 1 aliphatic carbocycles. The van der Waals surface area contributed by atoms with Crippen LogP contribution < -0.4 is 5.73 Å². The van der Waals surface area contributed by atoms with Gasteiger partial charge in [-0.25, -0.2) is 0 Å². The SMILES string of the molecule is Nc1[nH]ncc1C(=O)c1ccc(C2CCC2)cc1. The predicted octanol–water partition coefficient (Wildman–Crippen LogP) is 2.49. The summed E-state index contributed by atoms with van der Waals surface area (Å²) in [4.78, 5) is 12.2. The first-order valence-electron chi connectivity index (χ1n) is 6.19. The largest absolute Gasteiger partial charge is 0.383 e. The Morgan fingerprint density at radius 3 is 2.50 bits per heavy atom. The number of nitrogens with two attached hydrogens (primary N) is 1. The highest BCUT2D eigenvalue weighted by Gasteiger charge is 2.20. The van der Waals surface area contributed by atoms with Crippen molar-refractivity contribution < 1.29 is 4.79 Å². The van der Waals surface area contributed by atoms with Gasteiger partial charge < -0.3 is 5.73 Å². The predicted molar refractivity (Wildman–Crippen MR) is 69.5 cm³/mol. The molecule has 3 N–H and O–H groups in total. The summed E-state index contributed by atoms with van der Waals surface area (Å²) in [7, 11) is 0. The second kappa shape index (κ2) is 4.29. The monoisotopic (exact) mass is 241 g/mol. The van der Waals surface area contributed by atoms with Crippen molar-refractivity contribution in [1.82, 2.24) is 10.2 Å². The molecule has 1 aromatic carbocycles. The number of carbonyl (C=O) groups excluding carboxylic acids is 1. The van der Waals surface area contributed by atoms with E-state index in [0.717, 1.165) is 0 Å². The number of nitrogens with one attached hydrogen (secondary N) is 1. The fourth-order valence-corrected chi connectivity index (χ4v) is 2.28. The number of ketones is 1. The van der Waals surface area contributed by atoms with E-state index in [2.05, 4.69) is 10.2 Å². The highest BCUT2D eigenvalue weighted by Crippen LogP contribution is 2.36. The van der Waals surface area contributed by atoms with Gasteiger partial charge in [-0.2, -0.15) is 5.10 Å². The van der Waals surface area contributed by atoms with E-state index < -0.39 is 0 Å². The lowest BCUT2D eigenvalue weighted by atomic mass is 9.80. The Morgan fingerprint density at radius 2 is 2.00 bits per heavy atom. The van der Waals surface area contributed by atoms with Crippen molar-refractivity contribution in [1.29, 1.82) is 0 Å². The Hall–Kier alpha value is -2.10. The number of hydrogen-bond acceptors (Lipinski definition) is 3. The lowest BCUT2D eigenvalue weighted by Gasteiger charge is -2.25. The Morgan fingerprint density at radius 1 is 1.28 bits per heavy atom. The molecule has 1 fully saturated rings. The van der Waals surface area contributed by atoms with Crippen LogP contribution in [-0.2, 0) is 0 Å². The highest BCUT2D eigenvalue weighted by molar-refractivity contribution is 6.11. The van der Waals surface area contributed by atoms with Gasteiger partial charge in [0, 0.05) is 5.56 Å². The van der Waals surface area contributed by atoms with Crippen molar-refractivity contribution in [3.05, 3.63) is 47.2 Å². The van der Waals surface area contributed by atoms with Gasteiger partial charge in [-0.05, 0) is 24.3 Å². The van der Waals surface area contributed by atoms with Crippen LogP contribution in [0.5, 0.6) is 0 Å². The molecule has 2 aromatic rings. The Balaban J connectivity index is 1.84. The average Bonchev–Trinajstić information content (AvgIpc) is 2.73. The minimum Gasteiger partial charge on any atom is -0.383 e. The summed E-state index contributed by atoms with van der Waals surface area (Å²) < 4.78 is 0. The third kappa shape index (κ3) is 1.79. The maximum absolute atomic E-state index is 12.2. The van der Waals surface area contributed by atoms with E-state index in [-0.39, 0.29) is 5.78 Å². The summed E-state index contributed by atoms with van der Waals surface area (Å²) in [5.74, 6) is 0.928. The molecular formula is C14H15N3O. The van der Waals surface area contributed by atoms with E-state index >= 15 is 0 Å². The summed E-state index contributed by atoms with van der Waals surface area (Å²) in [5, 5.41) is 6.34. The maximum atomic E-state index is 12.2. The molecule has 1 saturated carbocycles. The molecule has 0 aliphatic heterocycles. The molecule has 1 aromatic heterocycles. The van der Waals surface area contributed by atoms with Gasteiger partial charge in [0.15, 0.2) is 5.78 Å². The first-order chi connectivity index (χ1) is 8.75. The molecule has 1 heterocycles. The number of H-pyrrole nitrogens is 1. The molecule has 0 atom stereocenters. The van der Waals surface area contributed by atoms with E-state index in [0.29, 0.717) is 22.9 Å². The van der Waals surface area contributed by atoms with Gasteiger partial charge in [0.05, 0.1) is 11.8 Å². The summed E-state index contributed by atoms with van der Waals surface area (Å²) >= 11 is 0. The average molecular weight is 241 g/mol. The van der Waals surface area contributed by atoms with Crippen LogP contribution >= 0.6 is 0 Å². The van der Waals surface area contributed by atoms with Gasteiger partial charge in [-0.15, -0.1) is 0 Å². The zero-order valence-corrected chi connectivity index (χ0v) is 10.0. The molecule has 1 aliphatic rings. The van der Waals surface area contributed by atoms with Gasteiger partial charge in [-0.1, -0.05) is 30.7 Å². The Bertz CT molecular complexity index is 567. The lowest BCUT2D eigenvalue weighted by molar-refractivity contribution is 0.103. The third-order valence-corrected chi connectivity index (χ3v) is 3.66. The summed E-state index contributed by atoms with van der Waals surface area (Å²) in [6, 6.07) is 7.85. The minimum absolute atomic E-state index is 0.0820. The van der Waals surface area contributed by atoms with E-state index in [1.54, 1.807) is 0 Å². The molecule has 18 heavy (non-hydrogen) atoms. The van der Waals surface area contributed by atoms with Crippen LogP contribution in [0.4, 0.5) is 5.82 Å². The standard InChI is InChI=1S/C14H15N3O/c15-14-12(8-16-17-14)13(18)11-6-4-10(5-7-11)9-2-1-3-9/h4-9H,1-3H2,(H3,15,16,17). The van der Waals surface area contributed by atoms with Crippen LogP contribution in [0.3, 0.4) is 0 Å². The molecule has 0 bridgehead atoms. The van der Waals surface area contributed by atoms with Gasteiger partial charge >= 0.3 is 0 Å². The molecule has 0 spiro atoms. The van der Waals surface area contributed by atoms with Gasteiger partial charge in [0.25, 0.3) is 0 Å². The van der Waals surface area contributed by atoms with Gasteiger partial charge in [-0.3, -0.25) is 9.89 Å². The van der Waals surface area contributed by atoms with Crippen molar-refractivity contribution in [2.24, 2.45) is 0 Å². The molecule has 0 unspecified atom stereocenters. The number of hydrogen-bond donors (Lipinski definition) is 2. The van der Waals surface area contributed by atoms with E-state index in [4.69, 9.17) is 5.73 Å². The normalized spacial score (nSPS) is 15.3. The number of rotatable bonds is 3. The fourth-order valence-electron chi connectivity index (χ4n) is 2.28. The van der Waals surface area contributed by atoms with Crippen LogP contribution in [0.25, 0.3) is 0 Å². The van der Waals surface area contributed by atoms with E-state index in [1.807, 2.05) is 24.3 Å². The van der Waals surface area contributed by atoms with E-state index in [9.17, 15) is 4.79 Å². The Labute approximate surface area is 105 Å². The van der Waals surface area contributed by atoms with Gasteiger partial charge in [0.1, 0.15) is 5.82 Å². The number of aromatic nitrogens is 2. The second-order valence-corrected chi connectivity index (χ2v) is 4.78. The molecular weight excluding hydrogens is 226 g/mol. The quantitative estimate of drug-likeness (QED) is 0.811. The Kier molecular flexibility index (Phi) is 2.63. The van der Waals surface area contributed by atoms with Crippen molar-refractivity contribution in [2.75, 3.05) is 5.73 Å². The van der Waals surface area contributed by atoms with Gasteiger partial charge in [0.2, 0.25) is 0 Å². The number of anilines is 1. The van der Waals surface area contributed by atoms with Crippen molar-refractivity contribution in [3.8, 4) is 0 Å². The first-order valence-corrected chi connectivity index (χ1v) is 6.19. The zero-order valence-electron chi connectivity index (χ0n) is 10.0. The smallest absolute Gasteiger partial charge is 0.198 e. The lowest BCUT2D eigenvalue weighted by Crippen LogP contribution is -2.09. The number of nitrogen functional groups attached to an aromatic ring is 1. The molecule has 4 nitrogen and oxygen atoms in total. The molecule has 0 amide bonds. The van der Waals surface area contributed by atoms with Crippen LogP contribution in [-0.4, -0.2) is 16.0 Å². The van der Waals surface area contributed by atoms with Crippen LogP contribution in [0.1, 0.15) is 46.7 Å². The molecule has 92 valence electrons. The van der Waals surface area contributed by atoms with Crippen LogP contribution in [0, 0.1) is 0 Å². The van der Waals surface area contributed by atoms with E-state index in [1.165, 1.54) is 31.0 Å².